The number of rotatable bonds is 6. The highest BCUT2D eigenvalue weighted by Crippen LogP contribution is 2.19. The molecule has 1 aliphatic heterocycles. The van der Waals surface area contributed by atoms with Crippen LogP contribution in [0.25, 0.3) is 0 Å². The SMILES string of the molecule is CCOC(=O)CC(=O)CN1CCC(C)C(OC)C1. The number of hydrogen-bond acceptors (Lipinski definition) is 5. The number of ketones is 1. The molecule has 1 saturated heterocycles. The molecule has 0 bridgehead atoms. The Bertz CT molecular complexity index is 293. The molecule has 1 fully saturated rings. The number of nitrogens with zero attached hydrogens (tertiary/aromatic N) is 1. The van der Waals surface area contributed by atoms with Crippen molar-refractivity contribution in [2.24, 2.45) is 5.92 Å². The van der Waals surface area contributed by atoms with Crippen LogP contribution in [0.2, 0.25) is 0 Å². The molecule has 1 rings (SSSR count). The average Bonchev–Trinajstić information content (AvgIpc) is 2.31. The van der Waals surface area contributed by atoms with Crippen LogP contribution in [0.3, 0.4) is 0 Å². The second-order valence-electron chi connectivity index (χ2n) is 4.80. The van der Waals surface area contributed by atoms with Crippen molar-refractivity contribution in [2.75, 3.05) is 33.4 Å². The van der Waals surface area contributed by atoms with Crippen LogP contribution in [0.15, 0.2) is 0 Å². The normalized spacial score (nSPS) is 24.8. The number of esters is 1. The van der Waals surface area contributed by atoms with Crippen LogP contribution >= 0.6 is 0 Å². The molecule has 0 saturated carbocycles. The maximum absolute atomic E-state index is 11.7. The van der Waals surface area contributed by atoms with Gasteiger partial charge in [0.15, 0.2) is 5.78 Å². The lowest BCUT2D eigenvalue weighted by Crippen LogP contribution is -2.45. The topological polar surface area (TPSA) is 55.8 Å². The lowest BCUT2D eigenvalue weighted by Gasteiger charge is -2.35. The summed E-state index contributed by atoms with van der Waals surface area (Å²) in [7, 11) is 1.70. The van der Waals surface area contributed by atoms with Gasteiger partial charge in [-0.1, -0.05) is 6.92 Å². The maximum atomic E-state index is 11.7. The lowest BCUT2D eigenvalue weighted by atomic mass is 9.95. The third-order valence-corrected chi connectivity index (χ3v) is 3.32. The van der Waals surface area contributed by atoms with E-state index < -0.39 is 5.97 Å². The fourth-order valence-electron chi connectivity index (χ4n) is 2.23. The van der Waals surface area contributed by atoms with Crippen molar-refractivity contribution >= 4 is 11.8 Å². The fourth-order valence-corrected chi connectivity index (χ4v) is 2.23. The van der Waals surface area contributed by atoms with E-state index in [1.165, 1.54) is 0 Å². The third kappa shape index (κ3) is 4.74. The zero-order valence-corrected chi connectivity index (χ0v) is 11.5. The van der Waals surface area contributed by atoms with E-state index in [4.69, 9.17) is 9.47 Å². The molecule has 5 nitrogen and oxygen atoms in total. The summed E-state index contributed by atoms with van der Waals surface area (Å²) in [4.78, 5) is 24.9. The first-order valence-corrected chi connectivity index (χ1v) is 6.49. The number of piperidine rings is 1. The van der Waals surface area contributed by atoms with Crippen LogP contribution in [0.1, 0.15) is 26.7 Å². The summed E-state index contributed by atoms with van der Waals surface area (Å²) in [6.45, 7) is 6.16. The van der Waals surface area contributed by atoms with E-state index in [0.29, 0.717) is 19.1 Å². The van der Waals surface area contributed by atoms with Crippen molar-refractivity contribution in [3.8, 4) is 0 Å². The summed E-state index contributed by atoms with van der Waals surface area (Å²) in [5, 5.41) is 0. The lowest BCUT2D eigenvalue weighted by molar-refractivity contribution is -0.145. The second-order valence-corrected chi connectivity index (χ2v) is 4.80. The largest absolute Gasteiger partial charge is 0.466 e. The van der Waals surface area contributed by atoms with E-state index in [9.17, 15) is 9.59 Å². The molecule has 0 radical (unpaired) electrons. The molecule has 0 aromatic carbocycles. The molecule has 2 unspecified atom stereocenters. The van der Waals surface area contributed by atoms with Crippen LogP contribution in [0, 0.1) is 5.92 Å². The highest BCUT2D eigenvalue weighted by Gasteiger charge is 2.27. The van der Waals surface area contributed by atoms with Gasteiger partial charge in [0.2, 0.25) is 0 Å². The molecule has 0 amide bonds. The first kappa shape index (κ1) is 15.1. The van der Waals surface area contributed by atoms with Crippen molar-refractivity contribution in [3.63, 3.8) is 0 Å². The van der Waals surface area contributed by atoms with Gasteiger partial charge in [-0.3, -0.25) is 14.5 Å². The molecule has 0 N–H and O–H groups in total. The quantitative estimate of drug-likeness (QED) is 0.522. The van der Waals surface area contributed by atoms with Crippen LogP contribution in [-0.4, -0.2) is 56.1 Å². The number of likely N-dealkylation sites (tertiary alicyclic amines) is 1. The summed E-state index contributed by atoms with van der Waals surface area (Å²) >= 11 is 0. The number of hydrogen-bond donors (Lipinski definition) is 0. The Labute approximate surface area is 108 Å². The summed E-state index contributed by atoms with van der Waals surface area (Å²) in [6, 6.07) is 0. The zero-order valence-electron chi connectivity index (χ0n) is 11.5. The van der Waals surface area contributed by atoms with Gasteiger partial charge in [-0.15, -0.1) is 0 Å². The van der Waals surface area contributed by atoms with E-state index in [1.54, 1.807) is 14.0 Å². The average molecular weight is 257 g/mol. The van der Waals surface area contributed by atoms with Gasteiger partial charge < -0.3 is 9.47 Å². The maximum Gasteiger partial charge on any atom is 0.313 e. The van der Waals surface area contributed by atoms with Crippen LogP contribution in [-0.2, 0) is 19.1 Å². The molecule has 2 atom stereocenters. The van der Waals surface area contributed by atoms with E-state index in [2.05, 4.69) is 11.8 Å². The van der Waals surface area contributed by atoms with Gasteiger partial charge in [0.25, 0.3) is 0 Å². The molecule has 18 heavy (non-hydrogen) atoms. The standard InChI is InChI=1S/C13H23NO4/c1-4-18-13(16)7-11(15)8-14-6-5-10(2)12(9-14)17-3/h10,12H,4-9H2,1-3H3. The predicted octanol–water partition coefficient (Wildman–Crippen LogP) is 0.865. The number of ether oxygens (including phenoxy) is 2. The minimum Gasteiger partial charge on any atom is -0.466 e. The highest BCUT2D eigenvalue weighted by atomic mass is 16.5. The van der Waals surface area contributed by atoms with Crippen LogP contribution in [0.5, 0.6) is 0 Å². The minimum atomic E-state index is -0.434. The molecular formula is C13H23NO4. The Balaban J connectivity index is 2.34. The Kier molecular flexibility index (Phi) is 6.29. The highest BCUT2D eigenvalue weighted by molar-refractivity contribution is 5.96. The van der Waals surface area contributed by atoms with Gasteiger partial charge in [-0.25, -0.2) is 0 Å². The number of methoxy groups -OCH3 is 1. The van der Waals surface area contributed by atoms with E-state index in [0.717, 1.165) is 19.5 Å². The molecular weight excluding hydrogens is 234 g/mol. The number of carbonyl (C=O) groups excluding carboxylic acids is 2. The second kappa shape index (κ2) is 7.48. The first-order valence-electron chi connectivity index (χ1n) is 6.49. The van der Waals surface area contributed by atoms with E-state index in [-0.39, 0.29) is 18.3 Å². The van der Waals surface area contributed by atoms with Crippen LogP contribution in [0.4, 0.5) is 0 Å². The van der Waals surface area contributed by atoms with Crippen molar-refractivity contribution in [2.45, 2.75) is 32.8 Å². The summed E-state index contributed by atoms with van der Waals surface area (Å²) < 4.78 is 10.1. The predicted molar refractivity (Wildman–Crippen MR) is 67.3 cm³/mol. The summed E-state index contributed by atoms with van der Waals surface area (Å²) in [5.74, 6) is 0.000402. The smallest absolute Gasteiger partial charge is 0.313 e. The van der Waals surface area contributed by atoms with Crippen molar-refractivity contribution in [3.05, 3.63) is 0 Å². The minimum absolute atomic E-state index is 0.0853. The summed E-state index contributed by atoms with van der Waals surface area (Å²) in [6.07, 6.45) is 1.07. The van der Waals surface area contributed by atoms with Gasteiger partial charge in [0.05, 0.1) is 19.3 Å². The van der Waals surface area contributed by atoms with Gasteiger partial charge in [0, 0.05) is 13.7 Å². The fraction of sp³-hybridized carbons (Fsp3) is 0.846. The van der Waals surface area contributed by atoms with Gasteiger partial charge in [-0.05, 0) is 25.8 Å². The number of Topliss-reactive ketones (excluding diaryl/α,β-unsaturated/α-hetero) is 1. The molecule has 0 aromatic heterocycles. The van der Waals surface area contributed by atoms with Gasteiger partial charge in [-0.2, -0.15) is 0 Å². The monoisotopic (exact) mass is 257 g/mol. The molecule has 0 spiro atoms. The third-order valence-electron chi connectivity index (χ3n) is 3.32. The Morgan fingerprint density at radius 3 is 2.72 bits per heavy atom. The van der Waals surface area contributed by atoms with E-state index in [1.807, 2.05) is 0 Å². The molecule has 0 aromatic rings. The van der Waals surface area contributed by atoms with Gasteiger partial charge >= 0.3 is 5.97 Å². The van der Waals surface area contributed by atoms with E-state index >= 15 is 0 Å². The Morgan fingerprint density at radius 1 is 1.39 bits per heavy atom. The molecule has 5 heteroatoms. The molecule has 1 aliphatic rings. The van der Waals surface area contributed by atoms with Crippen molar-refractivity contribution in [1.29, 1.82) is 0 Å². The molecule has 1 heterocycles. The van der Waals surface area contributed by atoms with Crippen LogP contribution < -0.4 is 0 Å². The van der Waals surface area contributed by atoms with Crippen molar-refractivity contribution < 1.29 is 19.1 Å². The molecule has 104 valence electrons. The van der Waals surface area contributed by atoms with Gasteiger partial charge in [0.1, 0.15) is 6.42 Å². The Hall–Kier alpha value is -0.940. The first-order chi connectivity index (χ1) is 8.56. The Morgan fingerprint density at radius 2 is 2.11 bits per heavy atom. The number of carbonyl (C=O) groups is 2. The zero-order chi connectivity index (χ0) is 13.5. The summed E-state index contributed by atoms with van der Waals surface area (Å²) in [5.41, 5.74) is 0. The molecule has 0 aliphatic carbocycles. The van der Waals surface area contributed by atoms with Crippen molar-refractivity contribution in [1.82, 2.24) is 4.90 Å².